The minimum absolute atomic E-state index is 0.109. The summed E-state index contributed by atoms with van der Waals surface area (Å²) in [6, 6.07) is 17.0. The van der Waals surface area contributed by atoms with Gasteiger partial charge < -0.3 is 4.90 Å². The van der Waals surface area contributed by atoms with E-state index in [9.17, 15) is 17.6 Å². The number of hydrogen-bond donors (Lipinski definition) is 1. The molecule has 1 aliphatic heterocycles. The van der Waals surface area contributed by atoms with E-state index in [1.165, 1.54) is 42.5 Å². The third-order valence-electron chi connectivity index (χ3n) is 4.69. The van der Waals surface area contributed by atoms with Crippen LogP contribution in [0, 0.1) is 5.82 Å². The van der Waals surface area contributed by atoms with Crippen LogP contribution in [0.1, 0.15) is 15.9 Å². The smallest absolute Gasteiger partial charge is 0.262 e. The van der Waals surface area contributed by atoms with Crippen LogP contribution in [0.5, 0.6) is 0 Å². The zero-order chi connectivity index (χ0) is 20.6. The number of para-hydroxylation sites is 1. The maximum atomic E-state index is 13.8. The molecule has 1 N–H and O–H groups in total. The summed E-state index contributed by atoms with van der Waals surface area (Å²) in [7, 11) is -4.05. The number of amides is 1. The molecule has 0 fully saturated rings. The Bertz CT molecular complexity index is 1210. The van der Waals surface area contributed by atoms with Gasteiger partial charge in [0, 0.05) is 22.3 Å². The maximum absolute atomic E-state index is 13.8. The highest BCUT2D eigenvalue weighted by Gasteiger charge is 2.26. The van der Waals surface area contributed by atoms with Crippen molar-refractivity contribution in [2.24, 2.45) is 0 Å². The SMILES string of the molecule is O=C(c1cccc(S(=O)(=O)Nc2ccccc2F)c1)N1CCc2cc(Br)ccc21. The molecule has 5 nitrogen and oxygen atoms in total. The molecule has 0 radical (unpaired) electrons. The molecule has 1 amide bonds. The number of nitrogens with zero attached hydrogens (tertiary/aromatic N) is 1. The molecule has 0 unspecified atom stereocenters. The van der Waals surface area contributed by atoms with Crippen molar-refractivity contribution in [2.45, 2.75) is 11.3 Å². The minimum atomic E-state index is -4.05. The predicted molar refractivity (Wildman–Crippen MR) is 113 cm³/mol. The van der Waals surface area contributed by atoms with E-state index in [4.69, 9.17) is 0 Å². The molecule has 1 heterocycles. The Balaban J connectivity index is 1.63. The quantitative estimate of drug-likeness (QED) is 0.601. The van der Waals surface area contributed by atoms with Gasteiger partial charge in [0.25, 0.3) is 15.9 Å². The molecular formula is C21H16BrFN2O3S. The first-order chi connectivity index (χ1) is 13.8. The van der Waals surface area contributed by atoms with Gasteiger partial charge in [-0.2, -0.15) is 0 Å². The molecule has 1 aliphatic rings. The van der Waals surface area contributed by atoms with Crippen molar-refractivity contribution in [1.82, 2.24) is 0 Å². The molecule has 3 aromatic carbocycles. The highest BCUT2D eigenvalue weighted by Crippen LogP contribution is 2.32. The van der Waals surface area contributed by atoms with Crippen molar-refractivity contribution < 1.29 is 17.6 Å². The fourth-order valence-corrected chi connectivity index (χ4v) is 4.80. The summed E-state index contributed by atoms with van der Waals surface area (Å²) in [6.45, 7) is 0.523. The van der Waals surface area contributed by atoms with E-state index in [1.807, 2.05) is 18.2 Å². The number of hydrogen-bond acceptors (Lipinski definition) is 3. The molecule has 3 aromatic rings. The van der Waals surface area contributed by atoms with Gasteiger partial charge in [0.2, 0.25) is 0 Å². The van der Waals surface area contributed by atoms with E-state index in [2.05, 4.69) is 20.7 Å². The Hall–Kier alpha value is -2.71. The van der Waals surface area contributed by atoms with Crippen LogP contribution in [0.2, 0.25) is 0 Å². The van der Waals surface area contributed by atoms with Crippen molar-refractivity contribution in [3.8, 4) is 0 Å². The van der Waals surface area contributed by atoms with Gasteiger partial charge in [0.15, 0.2) is 0 Å². The minimum Gasteiger partial charge on any atom is -0.308 e. The third-order valence-corrected chi connectivity index (χ3v) is 6.55. The second kappa shape index (κ2) is 7.61. The summed E-state index contributed by atoms with van der Waals surface area (Å²) in [4.78, 5) is 14.6. The van der Waals surface area contributed by atoms with E-state index in [1.54, 1.807) is 11.0 Å². The third kappa shape index (κ3) is 3.90. The first kappa shape index (κ1) is 19.6. The summed E-state index contributed by atoms with van der Waals surface area (Å²) in [6.07, 6.45) is 0.730. The van der Waals surface area contributed by atoms with Crippen LogP contribution in [0.25, 0.3) is 0 Å². The molecule has 0 atom stereocenters. The monoisotopic (exact) mass is 474 g/mol. The normalized spacial score (nSPS) is 13.2. The topological polar surface area (TPSA) is 66.5 Å². The van der Waals surface area contributed by atoms with Gasteiger partial charge in [0.05, 0.1) is 10.6 Å². The first-order valence-electron chi connectivity index (χ1n) is 8.83. The lowest BCUT2D eigenvalue weighted by Gasteiger charge is -2.18. The molecular weight excluding hydrogens is 459 g/mol. The van der Waals surface area contributed by atoms with Crippen LogP contribution in [0.15, 0.2) is 76.1 Å². The Labute approximate surface area is 176 Å². The fraction of sp³-hybridized carbons (Fsp3) is 0.0952. The largest absolute Gasteiger partial charge is 0.308 e. The van der Waals surface area contributed by atoms with Gasteiger partial charge in [0.1, 0.15) is 5.82 Å². The van der Waals surface area contributed by atoms with E-state index in [-0.39, 0.29) is 22.1 Å². The summed E-state index contributed by atoms with van der Waals surface area (Å²) >= 11 is 3.43. The van der Waals surface area contributed by atoms with Gasteiger partial charge in [-0.25, -0.2) is 12.8 Å². The zero-order valence-electron chi connectivity index (χ0n) is 15.1. The molecule has 4 rings (SSSR count). The number of anilines is 2. The zero-order valence-corrected chi connectivity index (χ0v) is 17.5. The Morgan fingerprint density at radius 3 is 2.62 bits per heavy atom. The average Bonchev–Trinajstić information content (AvgIpc) is 3.12. The second-order valence-electron chi connectivity index (χ2n) is 6.59. The number of benzene rings is 3. The molecule has 0 spiro atoms. The molecule has 148 valence electrons. The lowest BCUT2D eigenvalue weighted by Crippen LogP contribution is -2.29. The Kier molecular flexibility index (Phi) is 5.14. The van der Waals surface area contributed by atoms with Gasteiger partial charge in [-0.1, -0.05) is 34.1 Å². The number of sulfonamides is 1. The number of halogens is 2. The Morgan fingerprint density at radius 2 is 1.83 bits per heavy atom. The van der Waals surface area contributed by atoms with Crippen LogP contribution < -0.4 is 9.62 Å². The summed E-state index contributed by atoms with van der Waals surface area (Å²) in [5.74, 6) is -0.961. The fourth-order valence-electron chi connectivity index (χ4n) is 3.28. The lowest BCUT2D eigenvalue weighted by atomic mass is 10.1. The number of fused-ring (bicyclic) bond motifs is 1. The van der Waals surface area contributed by atoms with Crippen molar-refractivity contribution in [3.63, 3.8) is 0 Å². The van der Waals surface area contributed by atoms with Crippen molar-refractivity contribution in [1.29, 1.82) is 0 Å². The molecule has 8 heteroatoms. The highest BCUT2D eigenvalue weighted by atomic mass is 79.9. The number of rotatable bonds is 4. The Morgan fingerprint density at radius 1 is 1.03 bits per heavy atom. The van der Waals surface area contributed by atoms with Crippen LogP contribution in [0.3, 0.4) is 0 Å². The van der Waals surface area contributed by atoms with Crippen molar-refractivity contribution in [3.05, 3.63) is 88.1 Å². The standard InChI is InChI=1S/C21H16BrFN2O3S/c22-16-8-9-20-14(12-16)10-11-25(20)21(26)15-4-3-5-17(13-15)29(27,28)24-19-7-2-1-6-18(19)23/h1-9,12-13,24H,10-11H2. The summed E-state index contributed by atoms with van der Waals surface area (Å²) < 4.78 is 42.4. The van der Waals surface area contributed by atoms with E-state index in [0.29, 0.717) is 6.54 Å². The van der Waals surface area contributed by atoms with E-state index < -0.39 is 15.8 Å². The first-order valence-corrected chi connectivity index (χ1v) is 11.1. The van der Waals surface area contributed by atoms with Gasteiger partial charge in [-0.05, 0) is 60.5 Å². The van der Waals surface area contributed by atoms with Crippen molar-refractivity contribution in [2.75, 3.05) is 16.2 Å². The highest BCUT2D eigenvalue weighted by molar-refractivity contribution is 9.10. The maximum Gasteiger partial charge on any atom is 0.262 e. The molecule has 0 saturated carbocycles. The van der Waals surface area contributed by atoms with E-state index in [0.717, 1.165) is 22.1 Å². The van der Waals surface area contributed by atoms with Crippen LogP contribution in [-0.4, -0.2) is 20.9 Å². The summed E-state index contributed by atoms with van der Waals surface area (Å²) in [5.41, 5.74) is 1.97. The number of nitrogens with one attached hydrogen (secondary N) is 1. The molecule has 0 saturated heterocycles. The van der Waals surface area contributed by atoms with Gasteiger partial charge in [-0.3, -0.25) is 9.52 Å². The van der Waals surface area contributed by atoms with Crippen LogP contribution in [-0.2, 0) is 16.4 Å². The molecule has 0 bridgehead atoms. The van der Waals surface area contributed by atoms with Crippen LogP contribution >= 0.6 is 15.9 Å². The van der Waals surface area contributed by atoms with Crippen molar-refractivity contribution >= 4 is 43.2 Å². The van der Waals surface area contributed by atoms with E-state index >= 15 is 0 Å². The van der Waals surface area contributed by atoms with Gasteiger partial charge >= 0.3 is 0 Å². The molecule has 0 aliphatic carbocycles. The molecule has 0 aromatic heterocycles. The van der Waals surface area contributed by atoms with Gasteiger partial charge in [-0.15, -0.1) is 0 Å². The summed E-state index contributed by atoms with van der Waals surface area (Å²) in [5, 5.41) is 0. The second-order valence-corrected chi connectivity index (χ2v) is 9.19. The number of carbonyl (C=O) groups excluding carboxylic acids is 1. The predicted octanol–water partition coefficient (Wildman–Crippen LogP) is 4.59. The average molecular weight is 475 g/mol. The van der Waals surface area contributed by atoms with Crippen LogP contribution in [0.4, 0.5) is 15.8 Å². The lowest BCUT2D eigenvalue weighted by molar-refractivity contribution is 0.0989. The number of carbonyl (C=O) groups is 1. The molecule has 29 heavy (non-hydrogen) atoms.